The lowest BCUT2D eigenvalue weighted by Gasteiger charge is -2.31. The van der Waals surface area contributed by atoms with Crippen LogP contribution in [0.1, 0.15) is 28.8 Å². The van der Waals surface area contributed by atoms with Crippen LogP contribution in [0.15, 0.2) is 42.5 Å². The summed E-state index contributed by atoms with van der Waals surface area (Å²) in [4.78, 5) is 26.8. The van der Waals surface area contributed by atoms with E-state index in [1.165, 1.54) is 7.11 Å². The lowest BCUT2D eigenvalue weighted by atomic mass is 9.95. The number of amides is 1. The van der Waals surface area contributed by atoms with Gasteiger partial charge in [-0.3, -0.25) is 9.69 Å². The molecule has 0 aromatic heterocycles. The van der Waals surface area contributed by atoms with Crippen molar-refractivity contribution in [2.24, 2.45) is 5.92 Å². The van der Waals surface area contributed by atoms with Crippen molar-refractivity contribution in [1.82, 2.24) is 4.90 Å². The van der Waals surface area contributed by atoms with Crippen molar-refractivity contribution in [2.75, 3.05) is 25.5 Å². The standard InChI is InChI=1S/C21H22Cl2N2O3/c1-28-21(27)16-4-2-3-5-19(16)24-20(26)15-8-10-25(11-9-15)13-14-6-7-17(22)18(23)12-14/h2-7,12,15H,8-11,13H2,1H3,(H,24,26). The van der Waals surface area contributed by atoms with E-state index in [1.807, 2.05) is 12.1 Å². The number of benzene rings is 2. The predicted molar refractivity (Wildman–Crippen MR) is 111 cm³/mol. The average Bonchev–Trinajstić information content (AvgIpc) is 2.71. The van der Waals surface area contributed by atoms with Gasteiger partial charge in [-0.25, -0.2) is 4.79 Å². The minimum atomic E-state index is -0.465. The number of ether oxygens (including phenoxy) is 1. The van der Waals surface area contributed by atoms with E-state index in [2.05, 4.69) is 10.2 Å². The maximum Gasteiger partial charge on any atom is 0.339 e. The lowest BCUT2D eigenvalue weighted by Crippen LogP contribution is -2.37. The SMILES string of the molecule is COC(=O)c1ccccc1NC(=O)C1CCN(Cc2ccc(Cl)c(Cl)c2)CC1. The second kappa shape index (κ2) is 9.41. The Bertz CT molecular complexity index is 864. The van der Waals surface area contributed by atoms with Crippen LogP contribution in [0.4, 0.5) is 5.69 Å². The third-order valence-electron chi connectivity index (χ3n) is 4.94. The Kier molecular flexibility index (Phi) is 6.94. The van der Waals surface area contributed by atoms with Crippen molar-refractivity contribution in [3.05, 3.63) is 63.6 Å². The molecule has 1 N–H and O–H groups in total. The second-order valence-corrected chi connectivity index (χ2v) is 7.64. The molecule has 148 valence electrons. The summed E-state index contributed by atoms with van der Waals surface area (Å²) in [7, 11) is 1.32. The van der Waals surface area contributed by atoms with E-state index < -0.39 is 5.97 Å². The van der Waals surface area contributed by atoms with E-state index >= 15 is 0 Å². The molecule has 1 aliphatic rings. The number of rotatable bonds is 5. The molecule has 1 saturated heterocycles. The number of esters is 1. The third kappa shape index (κ3) is 5.04. The normalized spacial score (nSPS) is 15.2. The number of methoxy groups -OCH3 is 1. The molecule has 1 amide bonds. The fourth-order valence-corrected chi connectivity index (χ4v) is 3.69. The molecule has 0 spiro atoms. The molecule has 2 aromatic rings. The molecule has 7 heteroatoms. The van der Waals surface area contributed by atoms with Crippen LogP contribution >= 0.6 is 23.2 Å². The van der Waals surface area contributed by atoms with E-state index in [9.17, 15) is 9.59 Å². The maximum absolute atomic E-state index is 12.7. The molecule has 1 heterocycles. The van der Waals surface area contributed by atoms with Gasteiger partial charge < -0.3 is 10.1 Å². The van der Waals surface area contributed by atoms with E-state index in [0.29, 0.717) is 21.3 Å². The molecular formula is C21H22Cl2N2O3. The van der Waals surface area contributed by atoms with Crippen LogP contribution in [0, 0.1) is 5.92 Å². The van der Waals surface area contributed by atoms with Crippen molar-refractivity contribution >= 4 is 40.8 Å². The number of hydrogen-bond donors (Lipinski definition) is 1. The van der Waals surface area contributed by atoms with Crippen molar-refractivity contribution in [3.63, 3.8) is 0 Å². The van der Waals surface area contributed by atoms with Crippen LogP contribution in [0.25, 0.3) is 0 Å². The van der Waals surface area contributed by atoms with E-state index in [4.69, 9.17) is 27.9 Å². The van der Waals surface area contributed by atoms with Crippen molar-refractivity contribution in [1.29, 1.82) is 0 Å². The summed E-state index contributed by atoms with van der Waals surface area (Å²) in [6.45, 7) is 2.41. The molecule has 0 atom stereocenters. The minimum absolute atomic E-state index is 0.0643. The van der Waals surface area contributed by atoms with Crippen LogP contribution in [0.5, 0.6) is 0 Å². The molecule has 1 fully saturated rings. The van der Waals surface area contributed by atoms with Gasteiger partial charge in [0, 0.05) is 12.5 Å². The van der Waals surface area contributed by atoms with Crippen LogP contribution in [-0.2, 0) is 16.1 Å². The van der Waals surface area contributed by atoms with Gasteiger partial charge in [0.2, 0.25) is 5.91 Å². The van der Waals surface area contributed by atoms with Gasteiger partial charge in [0.1, 0.15) is 0 Å². The highest BCUT2D eigenvalue weighted by atomic mass is 35.5. The Balaban J connectivity index is 1.55. The average molecular weight is 421 g/mol. The quantitative estimate of drug-likeness (QED) is 0.716. The number of anilines is 1. The van der Waals surface area contributed by atoms with Crippen molar-refractivity contribution < 1.29 is 14.3 Å². The van der Waals surface area contributed by atoms with Gasteiger partial charge in [0.25, 0.3) is 0 Å². The Labute approximate surface area is 174 Å². The summed E-state index contributed by atoms with van der Waals surface area (Å²) >= 11 is 12.0. The number of nitrogens with zero attached hydrogens (tertiary/aromatic N) is 1. The summed E-state index contributed by atoms with van der Waals surface area (Å²) in [5, 5.41) is 3.99. The molecule has 1 aliphatic heterocycles. The van der Waals surface area contributed by atoms with Gasteiger partial charge in [-0.05, 0) is 55.8 Å². The number of hydrogen-bond acceptors (Lipinski definition) is 4. The first-order valence-corrected chi connectivity index (χ1v) is 9.88. The highest BCUT2D eigenvalue weighted by Gasteiger charge is 2.26. The fourth-order valence-electron chi connectivity index (χ4n) is 3.36. The summed E-state index contributed by atoms with van der Waals surface area (Å²) in [5.41, 5.74) is 1.94. The topological polar surface area (TPSA) is 58.6 Å². The Hall–Kier alpha value is -2.08. The van der Waals surface area contributed by atoms with Gasteiger partial charge in [0.15, 0.2) is 0 Å². The molecule has 28 heavy (non-hydrogen) atoms. The molecule has 3 rings (SSSR count). The largest absolute Gasteiger partial charge is 0.465 e. The molecule has 0 aliphatic carbocycles. The fraction of sp³-hybridized carbons (Fsp3) is 0.333. The molecule has 0 radical (unpaired) electrons. The first-order valence-electron chi connectivity index (χ1n) is 9.12. The number of carbonyl (C=O) groups excluding carboxylic acids is 2. The van der Waals surface area contributed by atoms with Crippen molar-refractivity contribution in [2.45, 2.75) is 19.4 Å². The Morgan fingerprint density at radius 2 is 1.82 bits per heavy atom. The third-order valence-corrected chi connectivity index (χ3v) is 5.68. The van der Waals surface area contributed by atoms with E-state index in [0.717, 1.165) is 38.0 Å². The van der Waals surface area contributed by atoms with Crippen LogP contribution in [-0.4, -0.2) is 37.0 Å². The minimum Gasteiger partial charge on any atom is -0.465 e. The van der Waals surface area contributed by atoms with Gasteiger partial charge in [0.05, 0.1) is 28.4 Å². The molecular weight excluding hydrogens is 399 g/mol. The predicted octanol–water partition coefficient (Wildman–Crippen LogP) is 4.63. The van der Waals surface area contributed by atoms with E-state index in [1.54, 1.807) is 30.3 Å². The summed E-state index contributed by atoms with van der Waals surface area (Å²) in [6.07, 6.45) is 1.51. The number of carbonyl (C=O) groups is 2. The summed E-state index contributed by atoms with van der Waals surface area (Å²) < 4.78 is 4.78. The monoisotopic (exact) mass is 420 g/mol. The highest BCUT2D eigenvalue weighted by molar-refractivity contribution is 6.42. The number of halogens is 2. The molecule has 2 aromatic carbocycles. The Morgan fingerprint density at radius 3 is 2.50 bits per heavy atom. The number of nitrogens with one attached hydrogen (secondary N) is 1. The van der Waals surface area contributed by atoms with Gasteiger partial charge in [-0.15, -0.1) is 0 Å². The van der Waals surface area contributed by atoms with Crippen molar-refractivity contribution in [3.8, 4) is 0 Å². The Morgan fingerprint density at radius 1 is 1.11 bits per heavy atom. The molecule has 5 nitrogen and oxygen atoms in total. The van der Waals surface area contributed by atoms with Gasteiger partial charge in [-0.1, -0.05) is 41.4 Å². The molecule has 0 bridgehead atoms. The molecule has 0 unspecified atom stereocenters. The zero-order valence-corrected chi connectivity index (χ0v) is 17.1. The lowest BCUT2D eigenvalue weighted by molar-refractivity contribution is -0.121. The van der Waals surface area contributed by atoms with Crippen LogP contribution < -0.4 is 5.32 Å². The smallest absolute Gasteiger partial charge is 0.339 e. The first kappa shape index (κ1) is 20.6. The zero-order valence-electron chi connectivity index (χ0n) is 15.6. The first-order chi connectivity index (χ1) is 13.5. The number of para-hydroxylation sites is 1. The summed E-state index contributed by atoms with van der Waals surface area (Å²) in [6, 6.07) is 12.5. The van der Waals surface area contributed by atoms with Crippen LogP contribution in [0.3, 0.4) is 0 Å². The maximum atomic E-state index is 12.7. The number of likely N-dealkylation sites (tertiary alicyclic amines) is 1. The van der Waals surface area contributed by atoms with E-state index in [-0.39, 0.29) is 11.8 Å². The number of piperidine rings is 1. The van der Waals surface area contributed by atoms with Gasteiger partial charge in [-0.2, -0.15) is 0 Å². The van der Waals surface area contributed by atoms with Crippen LogP contribution in [0.2, 0.25) is 10.0 Å². The highest BCUT2D eigenvalue weighted by Crippen LogP contribution is 2.26. The zero-order chi connectivity index (χ0) is 20.1. The second-order valence-electron chi connectivity index (χ2n) is 6.83. The summed E-state index contributed by atoms with van der Waals surface area (Å²) in [5.74, 6) is -0.617. The van der Waals surface area contributed by atoms with Gasteiger partial charge >= 0.3 is 5.97 Å². The molecule has 0 saturated carbocycles.